The smallest absolute Gasteiger partial charge is 0.353 e. The first kappa shape index (κ1) is 14.6. The highest BCUT2D eigenvalue weighted by Gasteiger charge is 2.25. The molecule has 8 nitrogen and oxygen atoms in total. The zero-order valence-corrected chi connectivity index (χ0v) is 12.0. The van der Waals surface area contributed by atoms with Crippen molar-refractivity contribution in [3.8, 4) is 11.6 Å². The molecule has 0 atom stereocenters. The first-order valence-electron chi connectivity index (χ1n) is 6.77. The van der Waals surface area contributed by atoms with E-state index in [0.29, 0.717) is 5.39 Å². The summed E-state index contributed by atoms with van der Waals surface area (Å²) in [5.74, 6) is -1.35. The molecule has 118 valence electrons. The lowest BCUT2D eigenvalue weighted by Crippen LogP contribution is -2.21. The van der Waals surface area contributed by atoms with Crippen LogP contribution in [0.3, 0.4) is 0 Å². The minimum Gasteiger partial charge on any atom is -0.493 e. The molecule has 2 heterocycles. The lowest BCUT2D eigenvalue weighted by molar-refractivity contribution is 0.0521. The van der Waals surface area contributed by atoms with E-state index in [9.17, 15) is 19.5 Å². The van der Waals surface area contributed by atoms with Crippen LogP contribution < -0.4 is 11.2 Å². The van der Waals surface area contributed by atoms with Crippen LogP contribution >= 0.6 is 0 Å². The van der Waals surface area contributed by atoms with Crippen molar-refractivity contribution in [1.29, 1.82) is 0 Å². The summed E-state index contributed by atoms with van der Waals surface area (Å²) in [5.41, 5.74) is -1.72. The number of rotatable bonds is 3. The van der Waals surface area contributed by atoms with Gasteiger partial charge in [0.25, 0.3) is 5.56 Å². The maximum Gasteiger partial charge on any atom is 0.353 e. The van der Waals surface area contributed by atoms with E-state index in [1.807, 2.05) is 0 Å². The molecule has 8 heteroatoms. The van der Waals surface area contributed by atoms with Crippen molar-refractivity contribution in [2.75, 3.05) is 6.61 Å². The van der Waals surface area contributed by atoms with E-state index in [0.717, 1.165) is 10.7 Å². The summed E-state index contributed by atoms with van der Waals surface area (Å²) in [6.07, 6.45) is 0. The summed E-state index contributed by atoms with van der Waals surface area (Å²) in [6.45, 7) is 1.65. The van der Waals surface area contributed by atoms with Gasteiger partial charge in [-0.3, -0.25) is 9.89 Å². The minimum atomic E-state index is -0.925. The Morgan fingerprint density at radius 1 is 1.35 bits per heavy atom. The van der Waals surface area contributed by atoms with Crippen molar-refractivity contribution in [1.82, 2.24) is 9.78 Å². The van der Waals surface area contributed by atoms with Gasteiger partial charge >= 0.3 is 11.6 Å². The molecule has 1 aromatic carbocycles. The van der Waals surface area contributed by atoms with E-state index in [4.69, 9.17) is 9.15 Å². The van der Waals surface area contributed by atoms with E-state index in [1.54, 1.807) is 25.1 Å². The molecule has 0 unspecified atom stereocenters. The number of fused-ring (bicyclic) bond motifs is 1. The molecule has 0 spiro atoms. The van der Waals surface area contributed by atoms with Gasteiger partial charge in [-0.25, -0.2) is 14.3 Å². The third-order valence-corrected chi connectivity index (χ3v) is 3.20. The normalized spacial score (nSPS) is 10.8. The first-order valence-corrected chi connectivity index (χ1v) is 6.77. The van der Waals surface area contributed by atoms with Crippen LogP contribution in [0.1, 0.15) is 17.3 Å². The number of ether oxygens (including phenoxy) is 1. The average molecular weight is 316 g/mol. The highest BCUT2D eigenvalue weighted by Crippen LogP contribution is 2.26. The number of para-hydroxylation sites is 1. The SMILES string of the molecule is CCOC(=O)c1c(-n2[nH]c(=O)cc2O)c2ccccc2oc1=O. The molecule has 2 aromatic heterocycles. The maximum absolute atomic E-state index is 12.2. The number of aromatic nitrogens is 2. The van der Waals surface area contributed by atoms with E-state index < -0.39 is 28.6 Å². The summed E-state index contributed by atoms with van der Waals surface area (Å²) < 4.78 is 11.0. The van der Waals surface area contributed by atoms with Crippen LogP contribution in [-0.2, 0) is 4.74 Å². The van der Waals surface area contributed by atoms with Crippen molar-refractivity contribution in [3.05, 3.63) is 56.7 Å². The van der Waals surface area contributed by atoms with Gasteiger partial charge in [0.05, 0.1) is 18.4 Å². The number of nitrogens with zero attached hydrogens (tertiary/aromatic N) is 1. The zero-order chi connectivity index (χ0) is 16.6. The van der Waals surface area contributed by atoms with E-state index in [2.05, 4.69) is 5.10 Å². The molecule has 0 bridgehead atoms. The monoisotopic (exact) mass is 316 g/mol. The molecule has 0 aliphatic rings. The van der Waals surface area contributed by atoms with Crippen LogP contribution in [0.5, 0.6) is 5.88 Å². The van der Waals surface area contributed by atoms with Gasteiger partial charge in [-0.2, -0.15) is 0 Å². The summed E-state index contributed by atoms with van der Waals surface area (Å²) in [6, 6.07) is 7.37. The molecule has 23 heavy (non-hydrogen) atoms. The number of carbonyl (C=O) groups excluding carboxylic acids is 1. The number of esters is 1. The lowest BCUT2D eigenvalue weighted by atomic mass is 10.1. The Hall–Kier alpha value is -3.29. The number of benzene rings is 1. The molecule has 0 aliphatic heterocycles. The van der Waals surface area contributed by atoms with Gasteiger partial charge in [0, 0.05) is 5.39 Å². The second kappa shape index (κ2) is 5.48. The van der Waals surface area contributed by atoms with Crippen LogP contribution in [0.4, 0.5) is 0 Å². The Kier molecular flexibility index (Phi) is 3.49. The molecule has 3 aromatic rings. The van der Waals surface area contributed by atoms with Crippen molar-refractivity contribution in [2.45, 2.75) is 6.92 Å². The van der Waals surface area contributed by atoms with Gasteiger partial charge in [0.15, 0.2) is 5.56 Å². The number of hydrogen-bond acceptors (Lipinski definition) is 6. The third-order valence-electron chi connectivity index (χ3n) is 3.20. The Morgan fingerprint density at radius 3 is 2.74 bits per heavy atom. The molecule has 0 aliphatic carbocycles. The molecule has 3 rings (SSSR count). The highest BCUT2D eigenvalue weighted by molar-refractivity contribution is 6.00. The third kappa shape index (κ3) is 2.39. The standard InChI is InChI=1S/C15H12N2O6/c1-2-22-14(20)12-13(17-11(19)7-10(18)16-17)8-5-3-4-6-9(8)23-15(12)21/h3-7,19H,2H2,1H3,(H,16,18). The van der Waals surface area contributed by atoms with Crippen LogP contribution in [0.25, 0.3) is 16.7 Å². The Morgan fingerprint density at radius 2 is 2.09 bits per heavy atom. The van der Waals surface area contributed by atoms with Gasteiger partial charge < -0.3 is 14.3 Å². The lowest BCUT2D eigenvalue weighted by Gasteiger charge is -2.12. The molecule has 2 N–H and O–H groups in total. The van der Waals surface area contributed by atoms with Crippen LogP contribution in [0.2, 0.25) is 0 Å². The second-order valence-corrected chi connectivity index (χ2v) is 4.64. The predicted molar refractivity (Wildman–Crippen MR) is 80.1 cm³/mol. The fraction of sp³-hybridized carbons (Fsp3) is 0.133. The molecule has 0 fully saturated rings. The van der Waals surface area contributed by atoms with Crippen molar-refractivity contribution in [3.63, 3.8) is 0 Å². The summed E-state index contributed by atoms with van der Waals surface area (Å²) in [7, 11) is 0. The molecular formula is C15H12N2O6. The topological polar surface area (TPSA) is 115 Å². The fourth-order valence-corrected chi connectivity index (χ4v) is 2.30. The van der Waals surface area contributed by atoms with E-state index in [1.165, 1.54) is 6.07 Å². The maximum atomic E-state index is 12.2. The van der Waals surface area contributed by atoms with Gasteiger partial charge in [0.2, 0.25) is 5.88 Å². The Balaban J connectivity index is 2.47. The molecule has 0 saturated heterocycles. The first-order chi connectivity index (χ1) is 11.0. The van der Waals surface area contributed by atoms with Crippen LogP contribution in [0, 0.1) is 0 Å². The number of H-pyrrole nitrogens is 1. The van der Waals surface area contributed by atoms with Crippen molar-refractivity contribution < 1.29 is 19.1 Å². The van der Waals surface area contributed by atoms with E-state index in [-0.39, 0.29) is 17.9 Å². The molecular weight excluding hydrogens is 304 g/mol. The quantitative estimate of drug-likeness (QED) is 0.553. The summed E-state index contributed by atoms with van der Waals surface area (Å²) in [5, 5.41) is 12.6. The molecule has 0 amide bonds. The zero-order valence-electron chi connectivity index (χ0n) is 12.0. The predicted octanol–water partition coefficient (Wildman–Crippen LogP) is 1.15. The number of aromatic hydroxyl groups is 1. The van der Waals surface area contributed by atoms with Crippen LogP contribution in [0.15, 0.2) is 44.3 Å². The summed E-state index contributed by atoms with van der Waals surface area (Å²) >= 11 is 0. The Bertz CT molecular complexity index is 1010. The molecule has 0 saturated carbocycles. The minimum absolute atomic E-state index is 0.00472. The Labute approximate surface area is 128 Å². The van der Waals surface area contributed by atoms with Gasteiger partial charge in [-0.05, 0) is 19.1 Å². The second-order valence-electron chi connectivity index (χ2n) is 4.64. The van der Waals surface area contributed by atoms with Crippen molar-refractivity contribution in [2.24, 2.45) is 0 Å². The van der Waals surface area contributed by atoms with Gasteiger partial charge in [0.1, 0.15) is 5.58 Å². The number of hydrogen-bond donors (Lipinski definition) is 2. The number of nitrogens with one attached hydrogen (secondary N) is 1. The van der Waals surface area contributed by atoms with Crippen LogP contribution in [-0.4, -0.2) is 27.5 Å². The fourth-order valence-electron chi connectivity index (χ4n) is 2.30. The van der Waals surface area contributed by atoms with Crippen molar-refractivity contribution >= 4 is 16.9 Å². The number of aromatic amines is 1. The highest BCUT2D eigenvalue weighted by atomic mass is 16.5. The largest absolute Gasteiger partial charge is 0.493 e. The van der Waals surface area contributed by atoms with E-state index >= 15 is 0 Å². The summed E-state index contributed by atoms with van der Waals surface area (Å²) in [4.78, 5) is 35.8. The number of carbonyl (C=O) groups is 1. The molecule has 0 radical (unpaired) electrons. The average Bonchev–Trinajstić information content (AvgIpc) is 2.84. The van der Waals surface area contributed by atoms with Gasteiger partial charge in [-0.15, -0.1) is 0 Å². The van der Waals surface area contributed by atoms with Gasteiger partial charge in [-0.1, -0.05) is 12.1 Å².